The van der Waals surface area contributed by atoms with Crippen molar-refractivity contribution in [1.29, 1.82) is 0 Å². The van der Waals surface area contributed by atoms with Crippen LogP contribution in [0.3, 0.4) is 0 Å². The Bertz CT molecular complexity index is 488. The lowest BCUT2D eigenvalue weighted by molar-refractivity contribution is -0.111. The van der Waals surface area contributed by atoms with Gasteiger partial charge in [0.05, 0.1) is 0 Å². The van der Waals surface area contributed by atoms with Gasteiger partial charge in [-0.3, -0.25) is 4.79 Å². The summed E-state index contributed by atoms with van der Waals surface area (Å²) in [5.41, 5.74) is 1.52. The van der Waals surface area contributed by atoms with Crippen LogP contribution in [-0.2, 0) is 4.79 Å². The average molecular weight is 215 g/mol. The Kier molecular flexibility index (Phi) is 2.77. The van der Waals surface area contributed by atoms with Gasteiger partial charge in [-0.05, 0) is 30.3 Å². The fourth-order valence-electron chi connectivity index (χ4n) is 1.19. The van der Waals surface area contributed by atoms with E-state index in [1.165, 1.54) is 12.5 Å². The molecule has 1 N–H and O–H groups in total. The number of aromatic nitrogens is 2. The lowest BCUT2D eigenvalue weighted by atomic mass is 10.2. The molecule has 0 fully saturated rings. The minimum absolute atomic E-state index is 0.243. The fraction of sp³-hybridized carbons (Fsp3) is 0. The van der Waals surface area contributed by atoms with Gasteiger partial charge in [-0.2, -0.15) is 4.98 Å². The Morgan fingerprint density at radius 2 is 2.12 bits per heavy atom. The van der Waals surface area contributed by atoms with Crippen LogP contribution < -0.4 is 5.32 Å². The quantitative estimate of drug-likeness (QED) is 0.793. The maximum Gasteiger partial charge on any atom is 0.247 e. The number of carbonyl (C=O) groups excluding carboxylic acids is 1. The number of hydrogen-bond acceptors (Lipinski definition) is 4. The molecule has 0 bridgehead atoms. The van der Waals surface area contributed by atoms with Crippen LogP contribution in [0, 0.1) is 0 Å². The molecule has 1 heterocycles. The highest BCUT2D eigenvalue weighted by molar-refractivity contribution is 5.98. The summed E-state index contributed by atoms with van der Waals surface area (Å²) in [7, 11) is 0. The van der Waals surface area contributed by atoms with Gasteiger partial charge in [0.1, 0.15) is 0 Å². The molecule has 0 radical (unpaired) electrons. The van der Waals surface area contributed by atoms with Gasteiger partial charge in [0.25, 0.3) is 0 Å². The second kappa shape index (κ2) is 4.39. The summed E-state index contributed by atoms with van der Waals surface area (Å²) < 4.78 is 4.64. The van der Waals surface area contributed by atoms with Crippen LogP contribution in [-0.4, -0.2) is 16.0 Å². The zero-order chi connectivity index (χ0) is 11.4. The molecule has 5 nitrogen and oxygen atoms in total. The van der Waals surface area contributed by atoms with Gasteiger partial charge in [-0.1, -0.05) is 11.7 Å². The summed E-state index contributed by atoms with van der Waals surface area (Å²) in [6.07, 6.45) is 2.48. The molecule has 0 unspecified atom stereocenters. The zero-order valence-electron chi connectivity index (χ0n) is 8.38. The molecule has 0 spiro atoms. The average Bonchev–Trinajstić information content (AvgIpc) is 2.83. The normalized spacial score (nSPS) is 9.75. The molecule has 2 aromatic rings. The largest absolute Gasteiger partial charge is 0.342 e. The SMILES string of the molecule is C=CC(=O)Nc1ccc(-c2ncon2)cc1. The van der Waals surface area contributed by atoms with Crippen molar-refractivity contribution in [2.45, 2.75) is 0 Å². The molecule has 0 aliphatic heterocycles. The van der Waals surface area contributed by atoms with Crippen molar-refractivity contribution in [2.24, 2.45) is 0 Å². The zero-order valence-corrected chi connectivity index (χ0v) is 8.38. The number of benzene rings is 1. The van der Waals surface area contributed by atoms with Gasteiger partial charge in [0, 0.05) is 11.3 Å². The lowest BCUT2D eigenvalue weighted by Gasteiger charge is -2.01. The Labute approximate surface area is 91.8 Å². The highest BCUT2D eigenvalue weighted by atomic mass is 16.5. The molecule has 0 aliphatic carbocycles. The molecular formula is C11H9N3O2. The first-order valence-electron chi connectivity index (χ1n) is 4.60. The summed E-state index contributed by atoms with van der Waals surface area (Å²) in [4.78, 5) is 14.9. The molecular weight excluding hydrogens is 206 g/mol. The smallest absolute Gasteiger partial charge is 0.247 e. The number of rotatable bonds is 3. The third-order valence-electron chi connectivity index (χ3n) is 1.96. The summed E-state index contributed by atoms with van der Waals surface area (Å²) in [6.45, 7) is 3.37. The van der Waals surface area contributed by atoms with Gasteiger partial charge in [-0.25, -0.2) is 0 Å². The molecule has 0 saturated heterocycles. The van der Waals surface area contributed by atoms with E-state index >= 15 is 0 Å². The van der Waals surface area contributed by atoms with Gasteiger partial charge < -0.3 is 9.84 Å². The third-order valence-corrected chi connectivity index (χ3v) is 1.96. The number of hydrogen-bond donors (Lipinski definition) is 1. The Hall–Kier alpha value is -2.43. The van der Waals surface area contributed by atoms with E-state index in [9.17, 15) is 4.79 Å². The van der Waals surface area contributed by atoms with E-state index in [0.717, 1.165) is 5.56 Å². The summed E-state index contributed by atoms with van der Waals surface area (Å²) in [6, 6.07) is 7.10. The van der Waals surface area contributed by atoms with E-state index in [0.29, 0.717) is 11.5 Å². The topological polar surface area (TPSA) is 68.0 Å². The molecule has 0 aliphatic rings. The first-order chi connectivity index (χ1) is 7.79. The molecule has 1 aromatic heterocycles. The molecule has 2 rings (SSSR count). The van der Waals surface area contributed by atoms with Gasteiger partial charge in [-0.15, -0.1) is 0 Å². The van der Waals surface area contributed by atoms with Crippen molar-refractivity contribution in [3.8, 4) is 11.4 Å². The molecule has 80 valence electrons. The Morgan fingerprint density at radius 1 is 1.38 bits per heavy atom. The predicted molar refractivity (Wildman–Crippen MR) is 58.6 cm³/mol. The van der Waals surface area contributed by atoms with E-state index in [1.807, 2.05) is 0 Å². The standard InChI is InChI=1S/C11H9N3O2/c1-2-10(15)13-9-5-3-8(4-6-9)11-12-7-16-14-11/h2-7H,1H2,(H,13,15). The second-order valence-electron chi connectivity index (χ2n) is 3.03. The Balaban J connectivity index is 2.17. The maximum absolute atomic E-state index is 11.0. The van der Waals surface area contributed by atoms with Crippen LogP contribution in [0.5, 0.6) is 0 Å². The highest BCUT2D eigenvalue weighted by Crippen LogP contribution is 2.17. The predicted octanol–water partition coefficient (Wildman–Crippen LogP) is 1.86. The summed E-state index contributed by atoms with van der Waals surface area (Å²) in [5.74, 6) is 0.272. The molecule has 16 heavy (non-hydrogen) atoms. The third kappa shape index (κ3) is 2.14. The number of nitrogens with zero attached hydrogens (tertiary/aromatic N) is 2. The fourth-order valence-corrected chi connectivity index (χ4v) is 1.19. The van der Waals surface area contributed by atoms with E-state index in [-0.39, 0.29) is 5.91 Å². The van der Waals surface area contributed by atoms with Crippen LogP contribution in [0.1, 0.15) is 0 Å². The molecule has 5 heteroatoms. The van der Waals surface area contributed by atoms with Gasteiger partial charge in [0.2, 0.25) is 18.1 Å². The Morgan fingerprint density at radius 3 is 2.69 bits per heavy atom. The molecule has 1 aromatic carbocycles. The van der Waals surface area contributed by atoms with E-state index < -0.39 is 0 Å². The van der Waals surface area contributed by atoms with Crippen molar-refractivity contribution in [3.63, 3.8) is 0 Å². The lowest BCUT2D eigenvalue weighted by Crippen LogP contribution is -2.06. The van der Waals surface area contributed by atoms with Crippen LogP contribution in [0.15, 0.2) is 47.8 Å². The maximum atomic E-state index is 11.0. The van der Waals surface area contributed by atoms with Crippen LogP contribution in [0.4, 0.5) is 5.69 Å². The number of amides is 1. The minimum atomic E-state index is -0.243. The van der Waals surface area contributed by atoms with E-state index in [1.54, 1.807) is 24.3 Å². The van der Waals surface area contributed by atoms with Crippen molar-refractivity contribution >= 4 is 11.6 Å². The van der Waals surface area contributed by atoms with Gasteiger partial charge in [0.15, 0.2) is 0 Å². The van der Waals surface area contributed by atoms with Gasteiger partial charge >= 0.3 is 0 Å². The summed E-state index contributed by atoms with van der Waals surface area (Å²) >= 11 is 0. The number of nitrogens with one attached hydrogen (secondary N) is 1. The van der Waals surface area contributed by atoms with E-state index in [2.05, 4.69) is 26.6 Å². The van der Waals surface area contributed by atoms with Crippen molar-refractivity contribution in [2.75, 3.05) is 5.32 Å². The van der Waals surface area contributed by atoms with Crippen LogP contribution >= 0.6 is 0 Å². The van der Waals surface area contributed by atoms with Crippen LogP contribution in [0.25, 0.3) is 11.4 Å². The summed E-state index contributed by atoms with van der Waals surface area (Å²) in [5, 5.41) is 6.35. The van der Waals surface area contributed by atoms with Crippen molar-refractivity contribution in [1.82, 2.24) is 10.1 Å². The first kappa shape index (κ1) is 10.1. The number of anilines is 1. The molecule has 0 atom stereocenters. The van der Waals surface area contributed by atoms with Crippen molar-refractivity contribution in [3.05, 3.63) is 43.3 Å². The molecule has 1 amide bonds. The van der Waals surface area contributed by atoms with E-state index in [4.69, 9.17) is 0 Å². The van der Waals surface area contributed by atoms with Crippen molar-refractivity contribution < 1.29 is 9.32 Å². The molecule has 0 saturated carbocycles. The first-order valence-corrected chi connectivity index (χ1v) is 4.60. The van der Waals surface area contributed by atoms with Crippen LogP contribution in [0.2, 0.25) is 0 Å². The second-order valence-corrected chi connectivity index (χ2v) is 3.03. The number of carbonyl (C=O) groups is 1. The minimum Gasteiger partial charge on any atom is -0.342 e. The highest BCUT2D eigenvalue weighted by Gasteiger charge is 2.03. The monoisotopic (exact) mass is 215 g/mol.